The maximum atomic E-state index is 12.4. The summed E-state index contributed by atoms with van der Waals surface area (Å²) in [6, 6.07) is 11.1. The molecule has 0 bridgehead atoms. The fraction of sp³-hybridized carbons (Fsp3) is 0.176. The predicted octanol–water partition coefficient (Wildman–Crippen LogP) is 3.03. The Bertz CT molecular complexity index is 1160. The van der Waals surface area contributed by atoms with Crippen molar-refractivity contribution in [2.24, 2.45) is 0 Å². The second-order valence-electron chi connectivity index (χ2n) is 5.67. The van der Waals surface area contributed by atoms with Gasteiger partial charge in [-0.1, -0.05) is 46.5 Å². The van der Waals surface area contributed by atoms with Gasteiger partial charge in [-0.2, -0.15) is 0 Å². The van der Waals surface area contributed by atoms with E-state index < -0.39 is 0 Å². The zero-order valence-electron chi connectivity index (χ0n) is 14.4. The highest BCUT2D eigenvalue weighted by molar-refractivity contribution is 8.00. The minimum atomic E-state index is -0.262. The summed E-state index contributed by atoms with van der Waals surface area (Å²) in [5, 5.41) is 21.6. The van der Waals surface area contributed by atoms with E-state index in [1.165, 1.54) is 20.9 Å². The quantitative estimate of drug-likeness (QED) is 0.355. The van der Waals surface area contributed by atoms with Crippen LogP contribution in [0.2, 0.25) is 0 Å². The van der Waals surface area contributed by atoms with Gasteiger partial charge in [0, 0.05) is 17.1 Å². The average molecular weight is 431 g/mol. The number of thioether (sulfide) groups is 1. The smallest absolute Gasteiger partial charge is 0.277 e. The van der Waals surface area contributed by atoms with Crippen molar-refractivity contribution in [2.75, 3.05) is 5.32 Å². The molecule has 1 amide bonds. The molecule has 0 fully saturated rings. The second kappa shape index (κ2) is 8.59. The van der Waals surface area contributed by atoms with Gasteiger partial charge in [0.25, 0.3) is 5.56 Å². The van der Waals surface area contributed by atoms with E-state index in [9.17, 15) is 9.59 Å². The first-order valence-corrected chi connectivity index (χ1v) is 11.0. The summed E-state index contributed by atoms with van der Waals surface area (Å²) in [4.78, 5) is 25.8. The summed E-state index contributed by atoms with van der Waals surface area (Å²) in [6.07, 6.45) is 0.0875. The zero-order valence-corrected chi connectivity index (χ0v) is 16.9. The Morgan fingerprint density at radius 3 is 2.89 bits per heavy atom. The number of thiophene rings is 1. The van der Waals surface area contributed by atoms with Crippen LogP contribution in [-0.4, -0.2) is 31.1 Å². The number of carbonyl (C=O) groups is 1. The van der Waals surface area contributed by atoms with E-state index in [0.29, 0.717) is 16.0 Å². The molecule has 4 aromatic rings. The molecule has 0 saturated carbocycles. The molecule has 0 spiro atoms. The van der Waals surface area contributed by atoms with Crippen LogP contribution < -0.4 is 10.9 Å². The van der Waals surface area contributed by atoms with Gasteiger partial charge in [-0.15, -0.1) is 26.6 Å². The molecule has 1 aromatic carbocycles. The van der Waals surface area contributed by atoms with Crippen molar-refractivity contribution >= 4 is 56.4 Å². The first-order valence-electron chi connectivity index (χ1n) is 8.30. The number of fused-ring (bicyclic) bond motifs is 1. The van der Waals surface area contributed by atoms with Gasteiger partial charge in [-0.05, 0) is 23.6 Å². The molecule has 8 nitrogen and oxygen atoms in total. The minimum Gasteiger partial charge on any atom is -0.300 e. The van der Waals surface area contributed by atoms with E-state index in [2.05, 4.69) is 31.9 Å². The van der Waals surface area contributed by atoms with Gasteiger partial charge in [-0.3, -0.25) is 9.59 Å². The number of benzene rings is 1. The normalized spacial score (nSPS) is 11.0. The Kier molecular flexibility index (Phi) is 5.74. The van der Waals surface area contributed by atoms with Crippen LogP contribution in [0, 0.1) is 0 Å². The standard InChI is InChI=1S/C17H14N6O2S3/c24-14(7-8-23-15(25)12-5-1-2-6-13(12)19-22-23)18-16-20-21-17(28-16)27-10-11-4-3-9-26-11/h1-6,9H,7-8,10H2,(H,18,20,24). The topological polar surface area (TPSA) is 103 Å². The van der Waals surface area contributed by atoms with Crippen molar-refractivity contribution in [3.05, 3.63) is 57.0 Å². The minimum absolute atomic E-state index is 0.0875. The number of nitrogens with zero attached hydrogens (tertiary/aromatic N) is 5. The zero-order chi connectivity index (χ0) is 19.3. The predicted molar refractivity (Wildman–Crippen MR) is 111 cm³/mol. The molecule has 0 aliphatic carbocycles. The molecular weight excluding hydrogens is 416 g/mol. The summed E-state index contributed by atoms with van der Waals surface area (Å²) < 4.78 is 1.99. The van der Waals surface area contributed by atoms with Gasteiger partial charge in [-0.25, -0.2) is 4.68 Å². The van der Waals surface area contributed by atoms with E-state index in [1.807, 2.05) is 11.4 Å². The van der Waals surface area contributed by atoms with Crippen molar-refractivity contribution in [2.45, 2.75) is 23.1 Å². The first-order chi connectivity index (χ1) is 13.7. The number of nitrogens with one attached hydrogen (secondary N) is 1. The molecule has 1 N–H and O–H groups in total. The van der Waals surface area contributed by atoms with Gasteiger partial charge < -0.3 is 5.32 Å². The van der Waals surface area contributed by atoms with E-state index >= 15 is 0 Å². The van der Waals surface area contributed by atoms with Crippen LogP contribution in [0.5, 0.6) is 0 Å². The number of anilines is 1. The third kappa shape index (κ3) is 4.43. The highest BCUT2D eigenvalue weighted by atomic mass is 32.2. The van der Waals surface area contributed by atoms with Crippen molar-refractivity contribution in [3.63, 3.8) is 0 Å². The van der Waals surface area contributed by atoms with E-state index in [1.54, 1.807) is 47.4 Å². The molecule has 3 aromatic heterocycles. The molecule has 142 valence electrons. The second-order valence-corrected chi connectivity index (χ2v) is 8.91. The molecule has 0 atom stereocenters. The number of carbonyl (C=O) groups excluding carboxylic acids is 1. The Hall–Kier alpha value is -2.63. The van der Waals surface area contributed by atoms with Crippen LogP contribution in [0.1, 0.15) is 11.3 Å². The Morgan fingerprint density at radius 1 is 1.14 bits per heavy atom. The summed E-state index contributed by atoms with van der Waals surface area (Å²) in [5.74, 6) is 0.567. The average Bonchev–Trinajstić information content (AvgIpc) is 3.38. The molecule has 0 unspecified atom stereocenters. The van der Waals surface area contributed by atoms with Gasteiger partial charge >= 0.3 is 0 Å². The lowest BCUT2D eigenvalue weighted by Crippen LogP contribution is -2.26. The molecule has 28 heavy (non-hydrogen) atoms. The highest BCUT2D eigenvalue weighted by Crippen LogP contribution is 2.29. The van der Waals surface area contributed by atoms with Crippen LogP contribution in [0.25, 0.3) is 10.9 Å². The SMILES string of the molecule is O=C(CCn1nnc2ccccc2c1=O)Nc1nnc(SCc2cccs2)s1. The van der Waals surface area contributed by atoms with Gasteiger partial charge in [0.05, 0.1) is 11.9 Å². The van der Waals surface area contributed by atoms with Crippen LogP contribution in [-0.2, 0) is 17.1 Å². The lowest BCUT2D eigenvalue weighted by atomic mass is 10.2. The summed E-state index contributed by atoms with van der Waals surface area (Å²) in [6.45, 7) is 0.140. The Morgan fingerprint density at radius 2 is 2.04 bits per heavy atom. The van der Waals surface area contributed by atoms with Crippen molar-refractivity contribution in [3.8, 4) is 0 Å². The number of aromatic nitrogens is 5. The van der Waals surface area contributed by atoms with Crippen molar-refractivity contribution < 1.29 is 4.79 Å². The molecule has 0 radical (unpaired) electrons. The largest absolute Gasteiger partial charge is 0.300 e. The molecule has 3 heterocycles. The van der Waals surface area contributed by atoms with Gasteiger partial charge in [0.2, 0.25) is 11.0 Å². The number of hydrogen-bond acceptors (Lipinski definition) is 9. The van der Waals surface area contributed by atoms with Gasteiger partial charge in [0.15, 0.2) is 4.34 Å². The fourth-order valence-corrected chi connectivity index (χ4v) is 4.95. The van der Waals surface area contributed by atoms with Crippen LogP contribution in [0.15, 0.2) is 50.9 Å². The third-order valence-corrected chi connectivity index (χ3v) is 6.83. The molecule has 11 heteroatoms. The van der Waals surface area contributed by atoms with Crippen molar-refractivity contribution in [1.82, 2.24) is 25.2 Å². The Balaban J connectivity index is 1.32. The number of rotatable bonds is 7. The van der Waals surface area contributed by atoms with Crippen LogP contribution >= 0.6 is 34.4 Å². The molecule has 4 rings (SSSR count). The van der Waals surface area contributed by atoms with Crippen LogP contribution in [0.3, 0.4) is 0 Å². The number of amides is 1. The van der Waals surface area contributed by atoms with E-state index in [4.69, 9.17) is 0 Å². The first kappa shape index (κ1) is 18.7. The third-order valence-electron chi connectivity index (χ3n) is 3.75. The highest BCUT2D eigenvalue weighted by Gasteiger charge is 2.11. The fourth-order valence-electron chi connectivity index (χ4n) is 2.41. The van der Waals surface area contributed by atoms with E-state index in [0.717, 1.165) is 10.1 Å². The number of aryl methyl sites for hydroxylation is 1. The molecule has 0 aliphatic heterocycles. The summed E-state index contributed by atoms with van der Waals surface area (Å²) >= 11 is 4.60. The number of hydrogen-bond donors (Lipinski definition) is 1. The van der Waals surface area contributed by atoms with Crippen LogP contribution in [0.4, 0.5) is 5.13 Å². The molecule has 0 saturated heterocycles. The Labute approximate surface area is 171 Å². The summed E-state index contributed by atoms with van der Waals surface area (Å²) in [7, 11) is 0. The lowest BCUT2D eigenvalue weighted by Gasteiger charge is -2.04. The molecule has 0 aliphatic rings. The van der Waals surface area contributed by atoms with E-state index in [-0.39, 0.29) is 24.4 Å². The van der Waals surface area contributed by atoms with Crippen molar-refractivity contribution in [1.29, 1.82) is 0 Å². The van der Waals surface area contributed by atoms with Gasteiger partial charge in [0.1, 0.15) is 5.52 Å². The lowest BCUT2D eigenvalue weighted by molar-refractivity contribution is -0.116. The molecular formula is C17H14N6O2S3. The monoisotopic (exact) mass is 430 g/mol. The maximum Gasteiger partial charge on any atom is 0.277 e. The summed E-state index contributed by atoms with van der Waals surface area (Å²) in [5.41, 5.74) is 0.274. The maximum absolute atomic E-state index is 12.4.